The van der Waals surface area contributed by atoms with Gasteiger partial charge >= 0.3 is 0 Å². The molecule has 1 saturated carbocycles. The Bertz CT molecular complexity index is 401. The summed E-state index contributed by atoms with van der Waals surface area (Å²) >= 11 is 0. The Kier molecular flexibility index (Phi) is 3.27. The predicted molar refractivity (Wildman–Crippen MR) is 70.5 cm³/mol. The summed E-state index contributed by atoms with van der Waals surface area (Å²) in [5.74, 6) is -0.240. The van der Waals surface area contributed by atoms with Crippen LogP contribution in [0.3, 0.4) is 0 Å². The Morgan fingerprint density at radius 3 is 2.82 bits per heavy atom. The number of nitrogens with two attached hydrogens (primary N) is 1. The minimum atomic E-state index is -0.240. The van der Waals surface area contributed by atoms with E-state index in [2.05, 4.69) is 19.2 Å². The molecule has 1 aliphatic rings. The summed E-state index contributed by atoms with van der Waals surface area (Å²) in [7, 11) is 0. The molecule has 0 heterocycles. The molecule has 17 heavy (non-hydrogen) atoms. The summed E-state index contributed by atoms with van der Waals surface area (Å²) in [4.78, 5) is 0. The van der Waals surface area contributed by atoms with Crippen LogP contribution in [0.15, 0.2) is 18.2 Å². The summed E-state index contributed by atoms with van der Waals surface area (Å²) in [6, 6.07) is 4.88. The molecule has 0 aliphatic heterocycles. The van der Waals surface area contributed by atoms with E-state index < -0.39 is 0 Å². The van der Waals surface area contributed by atoms with Gasteiger partial charge in [-0.15, -0.1) is 0 Å². The summed E-state index contributed by atoms with van der Waals surface area (Å²) in [5, 5.41) is 3.42. The number of nitrogens with one attached hydrogen (secondary N) is 1. The van der Waals surface area contributed by atoms with Gasteiger partial charge in [0.1, 0.15) is 5.82 Å². The number of halogens is 1. The van der Waals surface area contributed by atoms with Gasteiger partial charge in [-0.25, -0.2) is 4.39 Å². The molecule has 0 bridgehead atoms. The van der Waals surface area contributed by atoms with Crippen molar-refractivity contribution in [1.29, 1.82) is 0 Å². The van der Waals surface area contributed by atoms with Crippen molar-refractivity contribution in [2.45, 2.75) is 45.6 Å². The van der Waals surface area contributed by atoms with E-state index >= 15 is 0 Å². The molecule has 0 amide bonds. The zero-order valence-corrected chi connectivity index (χ0v) is 10.6. The Labute approximate surface area is 102 Å². The van der Waals surface area contributed by atoms with Crippen molar-refractivity contribution in [3.63, 3.8) is 0 Å². The van der Waals surface area contributed by atoms with Crippen LogP contribution in [0.2, 0.25) is 0 Å². The third-order valence-electron chi connectivity index (χ3n) is 3.85. The fourth-order valence-corrected chi connectivity index (χ4v) is 2.60. The fraction of sp³-hybridized carbons (Fsp3) is 0.571. The van der Waals surface area contributed by atoms with Crippen LogP contribution in [0.25, 0.3) is 0 Å². The lowest BCUT2D eigenvalue weighted by Crippen LogP contribution is -2.39. The summed E-state index contributed by atoms with van der Waals surface area (Å²) < 4.78 is 13.2. The second-order valence-electron chi connectivity index (χ2n) is 5.66. The number of hydrogen-bond acceptors (Lipinski definition) is 2. The molecule has 1 fully saturated rings. The monoisotopic (exact) mass is 236 g/mol. The molecule has 0 aromatic heterocycles. The first-order valence-electron chi connectivity index (χ1n) is 6.30. The largest absolute Gasteiger partial charge is 0.397 e. The first kappa shape index (κ1) is 12.2. The molecule has 3 heteroatoms. The van der Waals surface area contributed by atoms with E-state index in [0.29, 0.717) is 11.7 Å². The quantitative estimate of drug-likeness (QED) is 0.767. The molecule has 0 spiro atoms. The normalized spacial score (nSPS) is 23.4. The average Bonchev–Trinajstić information content (AvgIpc) is 2.26. The highest BCUT2D eigenvalue weighted by atomic mass is 19.1. The zero-order valence-electron chi connectivity index (χ0n) is 10.6. The van der Waals surface area contributed by atoms with Gasteiger partial charge in [0.15, 0.2) is 0 Å². The fourth-order valence-electron chi connectivity index (χ4n) is 2.60. The topological polar surface area (TPSA) is 38.0 Å². The molecule has 0 radical (unpaired) electrons. The number of hydrogen-bond donors (Lipinski definition) is 2. The highest BCUT2D eigenvalue weighted by Crippen LogP contribution is 2.38. The van der Waals surface area contributed by atoms with Crippen LogP contribution in [0, 0.1) is 11.2 Å². The van der Waals surface area contributed by atoms with Gasteiger partial charge in [-0.2, -0.15) is 0 Å². The van der Waals surface area contributed by atoms with E-state index in [0.717, 1.165) is 12.1 Å². The summed E-state index contributed by atoms with van der Waals surface area (Å²) in [6.45, 7) is 4.53. The highest BCUT2D eigenvalue weighted by molar-refractivity contribution is 5.66. The second kappa shape index (κ2) is 4.55. The minimum absolute atomic E-state index is 0.240. The van der Waals surface area contributed by atoms with Gasteiger partial charge in [-0.3, -0.25) is 0 Å². The maximum absolute atomic E-state index is 13.2. The van der Waals surface area contributed by atoms with Gasteiger partial charge < -0.3 is 11.1 Å². The van der Waals surface area contributed by atoms with Gasteiger partial charge in [0, 0.05) is 6.04 Å². The lowest BCUT2D eigenvalue weighted by atomic mass is 9.73. The number of rotatable bonds is 2. The van der Waals surface area contributed by atoms with Crippen LogP contribution in [0.5, 0.6) is 0 Å². The van der Waals surface area contributed by atoms with Crippen LogP contribution < -0.4 is 11.1 Å². The molecule has 1 aliphatic carbocycles. The van der Waals surface area contributed by atoms with Gasteiger partial charge in [-0.1, -0.05) is 26.7 Å². The SMILES string of the molecule is CC1(C)CCCCC1Nc1cc(F)ccc1N. The van der Waals surface area contributed by atoms with E-state index in [-0.39, 0.29) is 11.2 Å². The number of nitrogen functional groups attached to an aromatic ring is 1. The average molecular weight is 236 g/mol. The maximum Gasteiger partial charge on any atom is 0.125 e. The number of benzene rings is 1. The number of anilines is 2. The van der Waals surface area contributed by atoms with Gasteiger partial charge in [-0.05, 0) is 36.5 Å². The standard InChI is InChI=1S/C14H21FN2/c1-14(2)8-4-3-5-13(14)17-12-9-10(15)6-7-11(12)16/h6-7,9,13,17H,3-5,8,16H2,1-2H3. The third kappa shape index (κ3) is 2.71. The third-order valence-corrected chi connectivity index (χ3v) is 3.85. The molecular weight excluding hydrogens is 215 g/mol. The molecular formula is C14H21FN2. The maximum atomic E-state index is 13.2. The van der Waals surface area contributed by atoms with Gasteiger partial charge in [0.05, 0.1) is 11.4 Å². The van der Waals surface area contributed by atoms with Crippen molar-refractivity contribution in [2.75, 3.05) is 11.1 Å². The molecule has 3 N–H and O–H groups in total. The second-order valence-corrected chi connectivity index (χ2v) is 5.66. The molecule has 94 valence electrons. The zero-order chi connectivity index (χ0) is 12.5. The summed E-state index contributed by atoms with van der Waals surface area (Å²) in [5.41, 5.74) is 7.46. The van der Waals surface area contributed by atoms with E-state index in [1.807, 2.05) is 0 Å². The van der Waals surface area contributed by atoms with Crippen molar-refractivity contribution < 1.29 is 4.39 Å². The summed E-state index contributed by atoms with van der Waals surface area (Å²) in [6.07, 6.45) is 4.85. The molecule has 1 aromatic carbocycles. The van der Waals surface area contributed by atoms with Crippen molar-refractivity contribution in [3.05, 3.63) is 24.0 Å². The smallest absolute Gasteiger partial charge is 0.125 e. The van der Waals surface area contributed by atoms with E-state index in [1.54, 1.807) is 6.07 Å². The van der Waals surface area contributed by atoms with Crippen molar-refractivity contribution in [3.8, 4) is 0 Å². The van der Waals surface area contributed by atoms with Crippen LogP contribution in [0.1, 0.15) is 39.5 Å². The first-order chi connectivity index (χ1) is 7.99. The van der Waals surface area contributed by atoms with E-state index in [9.17, 15) is 4.39 Å². The lowest BCUT2D eigenvalue weighted by molar-refractivity contribution is 0.217. The molecule has 1 unspecified atom stereocenters. The predicted octanol–water partition coefficient (Wildman–Crippen LogP) is 3.79. The minimum Gasteiger partial charge on any atom is -0.397 e. The van der Waals surface area contributed by atoms with Crippen molar-refractivity contribution in [2.24, 2.45) is 5.41 Å². The van der Waals surface area contributed by atoms with E-state index in [4.69, 9.17) is 5.73 Å². The van der Waals surface area contributed by atoms with Crippen LogP contribution in [-0.2, 0) is 0 Å². The van der Waals surface area contributed by atoms with E-state index in [1.165, 1.54) is 31.4 Å². The van der Waals surface area contributed by atoms with Gasteiger partial charge in [0.25, 0.3) is 0 Å². The molecule has 1 atom stereocenters. The van der Waals surface area contributed by atoms with Crippen LogP contribution in [0.4, 0.5) is 15.8 Å². The Morgan fingerprint density at radius 2 is 2.12 bits per heavy atom. The Morgan fingerprint density at radius 1 is 1.35 bits per heavy atom. The van der Waals surface area contributed by atoms with Crippen molar-refractivity contribution >= 4 is 11.4 Å². The van der Waals surface area contributed by atoms with Crippen LogP contribution >= 0.6 is 0 Å². The Balaban J connectivity index is 2.16. The Hall–Kier alpha value is -1.25. The molecule has 2 rings (SSSR count). The highest BCUT2D eigenvalue weighted by Gasteiger charge is 2.32. The van der Waals surface area contributed by atoms with Crippen molar-refractivity contribution in [1.82, 2.24) is 0 Å². The van der Waals surface area contributed by atoms with Crippen LogP contribution in [-0.4, -0.2) is 6.04 Å². The molecule has 0 saturated heterocycles. The van der Waals surface area contributed by atoms with Gasteiger partial charge in [0.2, 0.25) is 0 Å². The molecule has 2 nitrogen and oxygen atoms in total. The first-order valence-corrected chi connectivity index (χ1v) is 6.30. The lowest BCUT2D eigenvalue weighted by Gasteiger charge is -2.39. The molecule has 1 aromatic rings.